The molecule has 2 saturated carbocycles. The maximum Gasteiger partial charge on any atom is 0.164 e. The standard InChI is InChI=1S/2C30H36N8O/c2*1-36-14-16-37(17-15-36)22-10-12-23(13-11-22)38-30-27(29(31)32-19-33-30)28(35-38)20-6-8-21(9-7-20)34-25-18-39-26-5-3-2-4-24(25)26/h2*2-9,19,22-23,25,34H,10-18H2,1H3,(H2,31,32,33)/t22-,23+,25?;22-,23-,25?. The molecule has 404 valence electrons. The molecule has 0 amide bonds. The van der Waals surface area contributed by atoms with Gasteiger partial charge in [0.05, 0.1) is 34.9 Å². The number of para-hydroxylation sites is 2. The van der Waals surface area contributed by atoms with Gasteiger partial charge >= 0.3 is 0 Å². The summed E-state index contributed by atoms with van der Waals surface area (Å²) in [4.78, 5) is 28.2. The van der Waals surface area contributed by atoms with E-state index in [4.69, 9.17) is 31.1 Å². The molecule has 0 bridgehead atoms. The van der Waals surface area contributed by atoms with E-state index in [-0.39, 0.29) is 12.1 Å². The van der Waals surface area contributed by atoms with Crippen LogP contribution in [0.3, 0.4) is 0 Å². The molecule has 78 heavy (non-hydrogen) atoms. The van der Waals surface area contributed by atoms with E-state index in [0.29, 0.717) is 49.0 Å². The normalized spacial score (nSPS) is 24.0. The zero-order valence-corrected chi connectivity index (χ0v) is 44.9. The Labute approximate surface area is 456 Å². The zero-order valence-electron chi connectivity index (χ0n) is 44.9. The van der Waals surface area contributed by atoms with Crippen LogP contribution in [0.15, 0.2) is 110 Å². The summed E-state index contributed by atoms with van der Waals surface area (Å²) in [5.41, 5.74) is 22.7. The summed E-state index contributed by atoms with van der Waals surface area (Å²) in [7, 11) is 4.44. The lowest BCUT2D eigenvalue weighted by molar-refractivity contribution is 0.0815. The van der Waals surface area contributed by atoms with Crippen LogP contribution in [0.2, 0.25) is 0 Å². The molecule has 4 aromatic carbocycles. The minimum absolute atomic E-state index is 0.136. The molecule has 14 rings (SSSR count). The molecule has 0 spiro atoms. The average molecular weight is 1050 g/mol. The van der Waals surface area contributed by atoms with Gasteiger partial charge in [-0.05, 0) is 102 Å². The molecule has 8 heterocycles. The highest BCUT2D eigenvalue weighted by molar-refractivity contribution is 5.99. The average Bonchev–Trinajstić information content (AvgIpc) is 4.29. The summed E-state index contributed by atoms with van der Waals surface area (Å²) in [6.07, 6.45) is 12.3. The number of ether oxygens (including phenoxy) is 2. The van der Waals surface area contributed by atoms with Gasteiger partial charge in [0.2, 0.25) is 0 Å². The van der Waals surface area contributed by atoms with Crippen LogP contribution < -0.4 is 31.6 Å². The summed E-state index contributed by atoms with van der Waals surface area (Å²) in [6.45, 7) is 10.6. The molecule has 2 aliphatic carbocycles. The van der Waals surface area contributed by atoms with Crippen molar-refractivity contribution < 1.29 is 9.47 Å². The largest absolute Gasteiger partial charge is 0.491 e. The van der Waals surface area contributed by atoms with Crippen LogP contribution in [-0.2, 0) is 0 Å². The minimum atomic E-state index is 0.136. The highest BCUT2D eigenvalue weighted by Gasteiger charge is 2.33. The van der Waals surface area contributed by atoms with E-state index in [2.05, 4.69) is 146 Å². The molecular formula is C60H72N16O2. The van der Waals surface area contributed by atoms with Gasteiger partial charge in [-0.1, -0.05) is 60.7 Å². The number of aromatic nitrogens is 8. The Hall–Kier alpha value is -7.38. The lowest BCUT2D eigenvalue weighted by Gasteiger charge is -2.41. The fourth-order valence-electron chi connectivity index (χ4n) is 13.0. The van der Waals surface area contributed by atoms with E-state index in [1.165, 1.54) is 89.2 Å². The van der Waals surface area contributed by atoms with Gasteiger partial charge in [0.15, 0.2) is 11.3 Å². The van der Waals surface area contributed by atoms with E-state index in [1.807, 2.05) is 24.3 Å². The van der Waals surface area contributed by atoms with Gasteiger partial charge in [0, 0.05) is 98.1 Å². The van der Waals surface area contributed by atoms with Crippen molar-refractivity contribution >= 4 is 45.1 Å². The second-order valence-electron chi connectivity index (χ2n) is 22.4. The molecule has 2 saturated heterocycles. The molecule has 4 aromatic heterocycles. The SMILES string of the molecule is CN1CCN([C@H]2CC[C@@H](n3nc(-c4ccc(NC5COc6ccccc65)cc4)c4c(N)ncnc43)CC2)CC1.CN1CCN([C@H]2CC[C@H](n3nc(-c4ccc(NC5COc6ccccc65)cc4)c4c(N)ncnc43)CC2)CC1. The van der Waals surface area contributed by atoms with Gasteiger partial charge in [0.1, 0.15) is 60.4 Å². The zero-order chi connectivity index (χ0) is 52.7. The third-order valence-electron chi connectivity index (χ3n) is 17.6. The maximum absolute atomic E-state index is 6.41. The smallest absolute Gasteiger partial charge is 0.164 e. The van der Waals surface area contributed by atoms with Crippen LogP contribution in [0.5, 0.6) is 11.5 Å². The first-order chi connectivity index (χ1) is 38.3. The van der Waals surface area contributed by atoms with E-state index >= 15 is 0 Å². The lowest BCUT2D eigenvalue weighted by atomic mass is 9.90. The molecule has 6 aliphatic rings. The van der Waals surface area contributed by atoms with E-state index in [9.17, 15) is 0 Å². The first-order valence-electron chi connectivity index (χ1n) is 28.3. The first-order valence-corrected chi connectivity index (χ1v) is 28.3. The fraction of sp³-hybridized carbons (Fsp3) is 0.433. The number of nitrogens with zero attached hydrogens (tertiary/aromatic N) is 12. The quantitative estimate of drug-likeness (QED) is 0.101. The van der Waals surface area contributed by atoms with Gasteiger partial charge in [-0.2, -0.15) is 10.2 Å². The highest BCUT2D eigenvalue weighted by Crippen LogP contribution is 2.41. The summed E-state index contributed by atoms with van der Waals surface area (Å²) in [5, 5.41) is 19.2. The first kappa shape index (κ1) is 50.1. The summed E-state index contributed by atoms with van der Waals surface area (Å²) in [6, 6.07) is 35.5. The number of nitrogen functional groups attached to an aromatic ring is 2. The van der Waals surface area contributed by atoms with Gasteiger partial charge in [-0.15, -0.1) is 0 Å². The Morgan fingerprint density at radius 1 is 0.449 bits per heavy atom. The topological polar surface area (TPSA) is 195 Å². The molecule has 4 aliphatic heterocycles. The Bertz CT molecular complexity index is 3130. The predicted molar refractivity (Wildman–Crippen MR) is 308 cm³/mol. The lowest BCUT2D eigenvalue weighted by Crippen LogP contribution is -2.49. The number of hydrogen-bond donors (Lipinski definition) is 4. The minimum Gasteiger partial charge on any atom is -0.491 e. The van der Waals surface area contributed by atoms with Crippen molar-refractivity contribution in [3.8, 4) is 34.0 Å². The maximum atomic E-state index is 6.41. The number of benzene rings is 4. The van der Waals surface area contributed by atoms with E-state index < -0.39 is 0 Å². The molecule has 18 nitrogen and oxygen atoms in total. The fourth-order valence-corrected chi connectivity index (χ4v) is 13.0. The van der Waals surface area contributed by atoms with Crippen molar-refractivity contribution in [1.82, 2.24) is 59.1 Å². The second-order valence-corrected chi connectivity index (χ2v) is 22.4. The molecule has 2 atom stereocenters. The van der Waals surface area contributed by atoms with Crippen molar-refractivity contribution in [1.29, 1.82) is 0 Å². The van der Waals surface area contributed by atoms with Crippen molar-refractivity contribution in [3.63, 3.8) is 0 Å². The molecule has 4 fully saturated rings. The number of nitrogens with two attached hydrogens (primary N) is 2. The van der Waals surface area contributed by atoms with Crippen molar-refractivity contribution in [3.05, 3.63) is 121 Å². The summed E-state index contributed by atoms with van der Waals surface area (Å²) in [5.74, 6) is 2.87. The van der Waals surface area contributed by atoms with Crippen molar-refractivity contribution in [2.24, 2.45) is 0 Å². The number of nitrogens with one attached hydrogen (secondary N) is 2. The Morgan fingerprint density at radius 3 is 1.22 bits per heavy atom. The molecule has 8 aromatic rings. The number of likely N-dealkylation sites (N-methyl/N-ethyl adjacent to an activating group) is 2. The summed E-state index contributed by atoms with van der Waals surface area (Å²) < 4.78 is 15.9. The molecule has 18 heteroatoms. The van der Waals surface area contributed by atoms with Crippen molar-refractivity contribution in [2.45, 2.75) is 87.6 Å². The number of fused-ring (bicyclic) bond motifs is 4. The van der Waals surface area contributed by atoms with Crippen LogP contribution in [0.25, 0.3) is 44.6 Å². The molecule has 0 radical (unpaired) electrons. The third kappa shape index (κ3) is 10.1. The molecule has 2 unspecified atom stereocenters. The van der Waals surface area contributed by atoms with Gasteiger partial charge in [0.25, 0.3) is 0 Å². The van der Waals surface area contributed by atoms with Gasteiger partial charge in [-0.3, -0.25) is 9.80 Å². The van der Waals surface area contributed by atoms with Crippen LogP contribution in [0, 0.1) is 0 Å². The number of hydrogen-bond acceptors (Lipinski definition) is 16. The Balaban J connectivity index is 0.000000148. The van der Waals surface area contributed by atoms with E-state index in [1.54, 1.807) is 12.7 Å². The van der Waals surface area contributed by atoms with Crippen LogP contribution in [-0.4, -0.2) is 151 Å². The molecular weight excluding hydrogens is 977 g/mol. The monoisotopic (exact) mass is 1050 g/mol. The van der Waals surface area contributed by atoms with E-state index in [0.717, 1.165) is 93.1 Å². The van der Waals surface area contributed by atoms with Gasteiger partial charge in [-0.25, -0.2) is 29.3 Å². The number of anilines is 4. The third-order valence-corrected chi connectivity index (χ3v) is 17.6. The van der Waals surface area contributed by atoms with Crippen LogP contribution in [0.1, 0.15) is 86.7 Å². The Morgan fingerprint density at radius 2 is 0.821 bits per heavy atom. The number of rotatable bonds is 10. The number of piperazine rings is 2. The Kier molecular flexibility index (Phi) is 14.0. The highest BCUT2D eigenvalue weighted by atomic mass is 16.5. The van der Waals surface area contributed by atoms with Crippen LogP contribution in [0.4, 0.5) is 23.0 Å². The molecule has 6 N–H and O–H groups in total. The van der Waals surface area contributed by atoms with Crippen LogP contribution >= 0.6 is 0 Å². The van der Waals surface area contributed by atoms with Gasteiger partial charge < -0.3 is 41.4 Å². The predicted octanol–water partition coefficient (Wildman–Crippen LogP) is 8.70. The summed E-state index contributed by atoms with van der Waals surface area (Å²) >= 11 is 0. The van der Waals surface area contributed by atoms with Crippen molar-refractivity contribution in [2.75, 3.05) is 102 Å². The second kappa shape index (κ2) is 21.8.